The Morgan fingerprint density at radius 1 is 0.629 bits per heavy atom. The van der Waals surface area contributed by atoms with Gasteiger partial charge in [-0.15, -0.1) is 0 Å². The fourth-order valence-corrected chi connectivity index (χ4v) is 3.53. The number of carboxylic acids is 1. The van der Waals surface area contributed by atoms with Crippen LogP contribution in [0.3, 0.4) is 0 Å². The van der Waals surface area contributed by atoms with Crippen LogP contribution in [-0.2, 0) is 35.6 Å². The average Bonchev–Trinajstić information content (AvgIpc) is 2.91. The van der Waals surface area contributed by atoms with Crippen molar-refractivity contribution in [2.24, 2.45) is 0 Å². The maximum Gasteiger partial charge on any atom is 0.332 e. The molecule has 0 fully saturated rings. The summed E-state index contributed by atoms with van der Waals surface area (Å²) < 4.78 is 5.51. The molecule has 4 aromatic rings. The summed E-state index contributed by atoms with van der Waals surface area (Å²) in [5, 5.41) is 12.6. The maximum atomic E-state index is 11.2. The summed E-state index contributed by atoms with van der Waals surface area (Å²) in [7, 11) is 0. The molecule has 0 amide bonds. The van der Waals surface area contributed by atoms with E-state index >= 15 is 0 Å². The third kappa shape index (κ3) is 10.4. The Kier molecular flexibility index (Phi) is 11.3. The van der Waals surface area contributed by atoms with E-state index in [9.17, 15) is 9.90 Å². The normalized spacial score (nSPS) is 11.2. The molecule has 4 heteroatoms. The molecule has 4 aromatic carbocycles. The lowest BCUT2D eigenvalue weighted by atomic mass is 10.1. The first-order valence-electron chi connectivity index (χ1n) is 11.9. The second-order valence-corrected chi connectivity index (χ2v) is 8.22. The Hall–Kier alpha value is -3.73. The number of rotatable bonds is 11. The van der Waals surface area contributed by atoms with E-state index in [2.05, 4.69) is 53.8 Å². The van der Waals surface area contributed by atoms with Crippen LogP contribution in [0.4, 0.5) is 0 Å². The number of carbonyl (C=O) groups is 1. The van der Waals surface area contributed by atoms with Crippen molar-refractivity contribution in [3.63, 3.8) is 0 Å². The Balaban J connectivity index is 0.000000203. The summed E-state index contributed by atoms with van der Waals surface area (Å²) in [4.78, 5) is 11.2. The molecule has 2 N–H and O–H groups in total. The topological polar surface area (TPSA) is 58.6 Å². The fourth-order valence-electron chi connectivity index (χ4n) is 3.53. The second kappa shape index (κ2) is 15.2. The van der Waals surface area contributed by atoms with Crippen molar-refractivity contribution in [1.29, 1.82) is 0 Å². The largest absolute Gasteiger partial charge is 0.479 e. The SMILES string of the molecule is O=C(O)C(CCc1ccccc1)OCc1ccccc1.c1ccc(CNCc2ccccc2)cc1. The van der Waals surface area contributed by atoms with E-state index < -0.39 is 12.1 Å². The molecule has 180 valence electrons. The third-order valence-corrected chi connectivity index (χ3v) is 5.45. The van der Waals surface area contributed by atoms with Gasteiger partial charge < -0.3 is 15.2 Å². The van der Waals surface area contributed by atoms with Gasteiger partial charge in [-0.25, -0.2) is 4.79 Å². The van der Waals surface area contributed by atoms with Gasteiger partial charge in [0.15, 0.2) is 6.10 Å². The lowest BCUT2D eigenvalue weighted by molar-refractivity contribution is -0.151. The molecule has 0 aliphatic carbocycles. The van der Waals surface area contributed by atoms with Crippen LogP contribution in [0.25, 0.3) is 0 Å². The number of hydrogen-bond donors (Lipinski definition) is 2. The number of hydrogen-bond acceptors (Lipinski definition) is 3. The van der Waals surface area contributed by atoms with Crippen LogP contribution in [0, 0.1) is 0 Å². The van der Waals surface area contributed by atoms with E-state index in [0.29, 0.717) is 19.4 Å². The van der Waals surface area contributed by atoms with Crippen LogP contribution in [0.2, 0.25) is 0 Å². The van der Waals surface area contributed by atoms with Crippen LogP contribution in [0.1, 0.15) is 28.7 Å². The molecule has 4 nitrogen and oxygen atoms in total. The van der Waals surface area contributed by atoms with Gasteiger partial charge in [0.1, 0.15) is 0 Å². The number of benzene rings is 4. The molecule has 1 unspecified atom stereocenters. The molecule has 0 saturated carbocycles. The predicted octanol–water partition coefficient (Wildman–Crippen LogP) is 6.27. The van der Waals surface area contributed by atoms with Gasteiger partial charge in [0, 0.05) is 13.1 Å². The minimum absolute atomic E-state index is 0.326. The van der Waals surface area contributed by atoms with Gasteiger partial charge in [-0.3, -0.25) is 0 Å². The van der Waals surface area contributed by atoms with Crippen molar-refractivity contribution in [2.75, 3.05) is 0 Å². The first kappa shape index (κ1) is 25.9. The van der Waals surface area contributed by atoms with Crippen LogP contribution in [0.15, 0.2) is 121 Å². The molecule has 1 atom stereocenters. The zero-order valence-electron chi connectivity index (χ0n) is 19.9. The van der Waals surface area contributed by atoms with E-state index in [0.717, 1.165) is 24.2 Å². The molecule has 4 rings (SSSR count). The Morgan fingerprint density at radius 2 is 1.03 bits per heavy atom. The minimum atomic E-state index is -0.906. The van der Waals surface area contributed by atoms with Crippen molar-refractivity contribution < 1.29 is 14.6 Å². The Morgan fingerprint density at radius 3 is 1.46 bits per heavy atom. The van der Waals surface area contributed by atoms with Crippen LogP contribution >= 0.6 is 0 Å². The highest BCUT2D eigenvalue weighted by Crippen LogP contribution is 2.11. The van der Waals surface area contributed by atoms with Gasteiger partial charge in [-0.1, -0.05) is 121 Å². The zero-order chi connectivity index (χ0) is 24.6. The van der Waals surface area contributed by atoms with Crippen LogP contribution in [-0.4, -0.2) is 17.2 Å². The number of ether oxygens (including phenoxy) is 1. The van der Waals surface area contributed by atoms with Crippen molar-refractivity contribution in [2.45, 2.75) is 38.6 Å². The van der Waals surface area contributed by atoms with Crippen molar-refractivity contribution in [3.8, 4) is 0 Å². The summed E-state index contributed by atoms with van der Waals surface area (Å²) in [5.41, 5.74) is 4.77. The first-order chi connectivity index (χ1) is 17.2. The summed E-state index contributed by atoms with van der Waals surface area (Å²) in [6.07, 6.45) is 0.411. The highest BCUT2D eigenvalue weighted by atomic mass is 16.5. The minimum Gasteiger partial charge on any atom is -0.479 e. The Labute approximate surface area is 208 Å². The van der Waals surface area contributed by atoms with E-state index in [4.69, 9.17) is 4.74 Å². The maximum absolute atomic E-state index is 11.2. The van der Waals surface area contributed by atoms with E-state index in [1.807, 2.05) is 72.8 Å². The number of carboxylic acid groups (broad SMARTS) is 1. The summed E-state index contributed by atoms with van der Waals surface area (Å²) in [6, 6.07) is 40.4. The van der Waals surface area contributed by atoms with Gasteiger partial charge in [0.25, 0.3) is 0 Å². The highest BCUT2D eigenvalue weighted by Gasteiger charge is 2.17. The second-order valence-electron chi connectivity index (χ2n) is 8.22. The van der Waals surface area contributed by atoms with Crippen LogP contribution in [0.5, 0.6) is 0 Å². The summed E-state index contributed by atoms with van der Waals surface area (Å²) in [6.45, 7) is 2.18. The van der Waals surface area contributed by atoms with Gasteiger partial charge in [0.05, 0.1) is 6.61 Å². The molecule has 35 heavy (non-hydrogen) atoms. The zero-order valence-corrected chi connectivity index (χ0v) is 19.9. The van der Waals surface area contributed by atoms with Gasteiger partial charge in [-0.05, 0) is 35.1 Å². The van der Waals surface area contributed by atoms with E-state index in [1.54, 1.807) is 0 Å². The molecule has 0 radical (unpaired) electrons. The average molecular weight is 468 g/mol. The monoisotopic (exact) mass is 467 g/mol. The smallest absolute Gasteiger partial charge is 0.332 e. The first-order valence-corrected chi connectivity index (χ1v) is 11.9. The molecule has 0 aromatic heterocycles. The molecule has 0 bridgehead atoms. The van der Waals surface area contributed by atoms with E-state index in [1.165, 1.54) is 11.1 Å². The molecule has 0 heterocycles. The van der Waals surface area contributed by atoms with Crippen molar-refractivity contribution in [1.82, 2.24) is 5.32 Å². The lowest BCUT2D eigenvalue weighted by Gasteiger charge is -2.13. The fraction of sp³-hybridized carbons (Fsp3) is 0.194. The number of aryl methyl sites for hydroxylation is 1. The van der Waals surface area contributed by atoms with Crippen molar-refractivity contribution >= 4 is 5.97 Å². The van der Waals surface area contributed by atoms with Gasteiger partial charge >= 0.3 is 5.97 Å². The third-order valence-electron chi connectivity index (χ3n) is 5.45. The number of nitrogens with one attached hydrogen (secondary N) is 1. The van der Waals surface area contributed by atoms with Gasteiger partial charge in [0.2, 0.25) is 0 Å². The van der Waals surface area contributed by atoms with Gasteiger partial charge in [-0.2, -0.15) is 0 Å². The lowest BCUT2D eigenvalue weighted by Crippen LogP contribution is -2.24. The number of aliphatic carboxylic acids is 1. The Bertz CT molecular complexity index is 1000. The predicted molar refractivity (Wildman–Crippen MR) is 141 cm³/mol. The summed E-state index contributed by atoms with van der Waals surface area (Å²) in [5.74, 6) is -0.906. The molecule has 0 aliphatic rings. The highest BCUT2D eigenvalue weighted by molar-refractivity contribution is 5.72. The molecular weight excluding hydrogens is 434 g/mol. The molecule has 0 aliphatic heterocycles. The molecule has 0 saturated heterocycles. The quantitative estimate of drug-likeness (QED) is 0.273. The summed E-state index contributed by atoms with van der Waals surface area (Å²) >= 11 is 0. The van der Waals surface area contributed by atoms with E-state index in [-0.39, 0.29) is 0 Å². The van der Waals surface area contributed by atoms with Crippen molar-refractivity contribution in [3.05, 3.63) is 144 Å². The standard InChI is InChI=1S/C17H18O3.C14H15N/c18-17(19)16(12-11-14-7-3-1-4-8-14)20-13-15-9-5-2-6-10-15;1-3-7-13(8-4-1)11-15-12-14-9-5-2-6-10-14/h1-10,16H,11-13H2,(H,18,19);1-10,15H,11-12H2. The molecule has 0 spiro atoms. The molecular formula is C31H33NO3. The van der Waals surface area contributed by atoms with Crippen LogP contribution < -0.4 is 5.32 Å².